The minimum atomic E-state index is -0.238. The molecule has 0 atom stereocenters. The van der Waals surface area contributed by atoms with E-state index in [2.05, 4.69) is 33.8 Å². The number of aldehydes is 1. The van der Waals surface area contributed by atoms with Gasteiger partial charge in [-0.05, 0) is 46.9 Å². The molecule has 0 spiro atoms. The summed E-state index contributed by atoms with van der Waals surface area (Å²) >= 11 is 0. The van der Waals surface area contributed by atoms with Gasteiger partial charge in [-0.25, -0.2) is 0 Å². The lowest BCUT2D eigenvalue weighted by Gasteiger charge is -2.29. The molecule has 1 N–H and O–H groups in total. The fourth-order valence-electron chi connectivity index (χ4n) is 2.48. The van der Waals surface area contributed by atoms with Crippen LogP contribution in [0.25, 0.3) is 0 Å². The predicted molar refractivity (Wildman–Crippen MR) is 79.9 cm³/mol. The molecule has 0 aliphatic carbocycles. The first-order valence-corrected chi connectivity index (χ1v) is 6.94. The predicted octanol–water partition coefficient (Wildman–Crippen LogP) is 4.25. The van der Waals surface area contributed by atoms with Crippen LogP contribution in [0.15, 0.2) is 12.1 Å². The van der Waals surface area contributed by atoms with Crippen LogP contribution in [0.2, 0.25) is 0 Å². The lowest BCUT2D eigenvalue weighted by Crippen LogP contribution is -2.21. The van der Waals surface area contributed by atoms with Gasteiger partial charge in [-0.2, -0.15) is 0 Å². The highest BCUT2D eigenvalue weighted by molar-refractivity contribution is 5.55. The molecule has 0 radical (unpaired) electrons. The Kier molecular flexibility index (Phi) is 4.44. The van der Waals surface area contributed by atoms with Crippen molar-refractivity contribution in [2.24, 2.45) is 0 Å². The number of hydrogen-bond donors (Lipinski definition) is 1. The summed E-state index contributed by atoms with van der Waals surface area (Å²) in [5.74, 6) is 0.339. The van der Waals surface area contributed by atoms with E-state index in [1.807, 2.05) is 19.9 Å². The van der Waals surface area contributed by atoms with Gasteiger partial charge in [-0.1, -0.05) is 40.7 Å². The largest absolute Gasteiger partial charge is 0.508 e. The van der Waals surface area contributed by atoms with Crippen LogP contribution in [0.1, 0.15) is 64.2 Å². The van der Waals surface area contributed by atoms with E-state index in [-0.39, 0.29) is 10.8 Å². The van der Waals surface area contributed by atoms with Crippen LogP contribution in [-0.4, -0.2) is 11.4 Å². The van der Waals surface area contributed by atoms with Gasteiger partial charge in [-0.15, -0.1) is 0 Å². The Morgan fingerprint density at radius 1 is 1.11 bits per heavy atom. The Bertz CT molecular complexity index is 470. The van der Waals surface area contributed by atoms with Crippen molar-refractivity contribution < 1.29 is 9.90 Å². The van der Waals surface area contributed by atoms with E-state index in [9.17, 15) is 9.90 Å². The highest BCUT2D eigenvalue weighted by Gasteiger charge is 2.27. The fourth-order valence-corrected chi connectivity index (χ4v) is 2.48. The molecule has 1 aromatic rings. The number of rotatable bonds is 5. The molecule has 0 aromatic heterocycles. The SMILES string of the molecule is CCC(C)(C)c1cc(C)c(C(C)(C)CC=O)cc1O. The number of phenolic OH excluding ortho intramolecular Hbond substituents is 1. The average molecular weight is 262 g/mol. The van der Waals surface area contributed by atoms with E-state index in [0.717, 1.165) is 29.4 Å². The number of carbonyl (C=O) groups excluding carboxylic acids is 1. The van der Waals surface area contributed by atoms with Gasteiger partial charge in [-0.3, -0.25) is 0 Å². The number of aryl methyl sites for hydroxylation is 1. The molecule has 0 unspecified atom stereocenters. The first kappa shape index (κ1) is 15.7. The normalized spacial score (nSPS) is 12.5. The maximum Gasteiger partial charge on any atom is 0.120 e. The Morgan fingerprint density at radius 2 is 1.68 bits per heavy atom. The van der Waals surface area contributed by atoms with Crippen molar-refractivity contribution in [3.05, 3.63) is 28.8 Å². The van der Waals surface area contributed by atoms with Crippen molar-refractivity contribution >= 4 is 6.29 Å². The van der Waals surface area contributed by atoms with Crippen molar-refractivity contribution in [3.8, 4) is 5.75 Å². The summed E-state index contributed by atoms with van der Waals surface area (Å²) < 4.78 is 0. The van der Waals surface area contributed by atoms with Crippen LogP contribution in [-0.2, 0) is 15.6 Å². The zero-order valence-corrected chi connectivity index (χ0v) is 13.0. The number of benzene rings is 1. The molecular weight excluding hydrogens is 236 g/mol. The molecule has 0 saturated heterocycles. The molecule has 0 fully saturated rings. The zero-order chi connectivity index (χ0) is 14.8. The van der Waals surface area contributed by atoms with Crippen molar-refractivity contribution in [3.63, 3.8) is 0 Å². The average Bonchev–Trinajstić information content (AvgIpc) is 2.31. The summed E-state index contributed by atoms with van der Waals surface area (Å²) in [5.41, 5.74) is 2.90. The lowest BCUT2D eigenvalue weighted by atomic mass is 9.75. The lowest BCUT2D eigenvalue weighted by molar-refractivity contribution is -0.108. The van der Waals surface area contributed by atoms with Gasteiger partial charge in [0.05, 0.1) is 0 Å². The molecule has 2 nitrogen and oxygen atoms in total. The van der Waals surface area contributed by atoms with Crippen molar-refractivity contribution in [2.45, 2.75) is 65.2 Å². The van der Waals surface area contributed by atoms with Gasteiger partial charge in [0.25, 0.3) is 0 Å². The second-order valence-corrected chi connectivity index (χ2v) is 6.68. The van der Waals surface area contributed by atoms with Crippen LogP contribution in [0, 0.1) is 6.92 Å². The summed E-state index contributed by atoms with van der Waals surface area (Å²) in [6, 6.07) is 3.91. The minimum absolute atomic E-state index is 0.0395. The summed E-state index contributed by atoms with van der Waals surface area (Å²) in [6.07, 6.45) is 2.38. The molecule has 1 aromatic carbocycles. The third-order valence-corrected chi connectivity index (χ3v) is 4.28. The van der Waals surface area contributed by atoms with Crippen LogP contribution < -0.4 is 0 Å². The number of aromatic hydroxyl groups is 1. The third kappa shape index (κ3) is 3.17. The first-order chi connectivity index (χ1) is 8.65. The van der Waals surface area contributed by atoms with Gasteiger partial charge in [0.1, 0.15) is 12.0 Å². The Morgan fingerprint density at radius 3 is 2.16 bits per heavy atom. The van der Waals surface area contributed by atoms with E-state index in [1.165, 1.54) is 0 Å². The fraction of sp³-hybridized carbons (Fsp3) is 0.588. The maximum absolute atomic E-state index is 10.8. The van der Waals surface area contributed by atoms with E-state index >= 15 is 0 Å². The van der Waals surface area contributed by atoms with Gasteiger partial charge < -0.3 is 9.90 Å². The highest BCUT2D eigenvalue weighted by Crippen LogP contribution is 2.39. The first-order valence-electron chi connectivity index (χ1n) is 6.94. The van der Waals surface area contributed by atoms with Gasteiger partial charge in [0, 0.05) is 6.42 Å². The summed E-state index contributed by atoms with van der Waals surface area (Å²) in [6.45, 7) is 12.5. The summed E-state index contributed by atoms with van der Waals surface area (Å²) in [4.78, 5) is 10.8. The van der Waals surface area contributed by atoms with E-state index in [4.69, 9.17) is 0 Å². The molecule has 0 aliphatic rings. The van der Waals surface area contributed by atoms with Gasteiger partial charge in [0.15, 0.2) is 0 Å². The van der Waals surface area contributed by atoms with Crippen LogP contribution in [0.3, 0.4) is 0 Å². The van der Waals surface area contributed by atoms with Gasteiger partial charge >= 0.3 is 0 Å². The Hall–Kier alpha value is -1.31. The van der Waals surface area contributed by atoms with E-state index in [0.29, 0.717) is 12.2 Å². The zero-order valence-electron chi connectivity index (χ0n) is 13.0. The van der Waals surface area contributed by atoms with Gasteiger partial charge in [0.2, 0.25) is 0 Å². The number of phenols is 1. The second kappa shape index (κ2) is 5.36. The van der Waals surface area contributed by atoms with Crippen LogP contribution in [0.4, 0.5) is 0 Å². The smallest absolute Gasteiger partial charge is 0.120 e. The molecule has 19 heavy (non-hydrogen) atoms. The molecular formula is C17H26O2. The third-order valence-electron chi connectivity index (χ3n) is 4.28. The van der Waals surface area contributed by atoms with Crippen molar-refractivity contribution in [1.29, 1.82) is 0 Å². The molecule has 0 saturated carbocycles. The second-order valence-electron chi connectivity index (χ2n) is 6.68. The molecule has 0 aliphatic heterocycles. The Balaban J connectivity index is 3.36. The molecule has 106 valence electrons. The maximum atomic E-state index is 10.8. The van der Waals surface area contributed by atoms with Crippen molar-refractivity contribution in [1.82, 2.24) is 0 Å². The summed E-state index contributed by atoms with van der Waals surface area (Å²) in [7, 11) is 0. The molecule has 0 amide bonds. The minimum Gasteiger partial charge on any atom is -0.508 e. The van der Waals surface area contributed by atoms with E-state index in [1.54, 1.807) is 0 Å². The Labute approximate surface area is 116 Å². The molecule has 2 heteroatoms. The molecule has 1 rings (SSSR count). The standard InChI is InChI=1S/C17H26O2/c1-7-16(3,4)14-10-12(2)13(11-15(14)19)17(5,6)8-9-18/h9-11,19H,7-8H2,1-6H3. The topological polar surface area (TPSA) is 37.3 Å². The van der Waals surface area contributed by atoms with E-state index < -0.39 is 0 Å². The molecule has 0 bridgehead atoms. The quantitative estimate of drug-likeness (QED) is 0.805. The molecule has 0 heterocycles. The monoisotopic (exact) mass is 262 g/mol. The number of carbonyl (C=O) groups is 1. The van der Waals surface area contributed by atoms with Crippen molar-refractivity contribution in [2.75, 3.05) is 0 Å². The van der Waals surface area contributed by atoms with Crippen LogP contribution in [0.5, 0.6) is 5.75 Å². The highest BCUT2D eigenvalue weighted by atomic mass is 16.3. The van der Waals surface area contributed by atoms with Crippen LogP contribution >= 0.6 is 0 Å². The number of hydrogen-bond acceptors (Lipinski definition) is 2. The summed E-state index contributed by atoms with van der Waals surface area (Å²) in [5, 5.41) is 10.3.